The third kappa shape index (κ3) is 1.46. The Morgan fingerprint density at radius 3 is 3.00 bits per heavy atom. The average Bonchev–Trinajstić information content (AvgIpc) is 2.82. The molecule has 3 aromatic heterocycles. The molecule has 0 aliphatic carbocycles. The summed E-state index contributed by atoms with van der Waals surface area (Å²) in [5, 5.41) is 2.02. The van der Waals surface area contributed by atoms with Gasteiger partial charge in [-0.05, 0) is 11.4 Å². The zero-order chi connectivity index (χ0) is 10.1. The second-order valence-corrected chi connectivity index (χ2v) is 3.91. The summed E-state index contributed by atoms with van der Waals surface area (Å²) in [5.74, 6) is 0. The SMILES string of the molecule is c1csc(-c2cnc3ncncc3n2)c1. The van der Waals surface area contributed by atoms with Crippen LogP contribution in [0.1, 0.15) is 0 Å². The van der Waals surface area contributed by atoms with Crippen molar-refractivity contribution in [3.8, 4) is 10.6 Å². The molecular weight excluding hydrogens is 208 g/mol. The van der Waals surface area contributed by atoms with Gasteiger partial charge in [0.05, 0.1) is 23.0 Å². The molecule has 3 aromatic rings. The highest BCUT2D eigenvalue weighted by Gasteiger charge is 2.03. The number of nitrogens with zero attached hydrogens (tertiary/aromatic N) is 4. The minimum absolute atomic E-state index is 0.630. The molecule has 15 heavy (non-hydrogen) atoms. The first-order valence-electron chi connectivity index (χ1n) is 4.40. The van der Waals surface area contributed by atoms with E-state index in [2.05, 4.69) is 19.9 Å². The van der Waals surface area contributed by atoms with Gasteiger partial charge in [-0.3, -0.25) is 0 Å². The molecule has 0 unspecified atom stereocenters. The summed E-state index contributed by atoms with van der Waals surface area (Å²) in [7, 11) is 0. The van der Waals surface area contributed by atoms with Crippen LogP contribution >= 0.6 is 11.3 Å². The summed E-state index contributed by atoms with van der Waals surface area (Å²) < 4.78 is 0. The fraction of sp³-hybridized carbons (Fsp3) is 0. The zero-order valence-corrected chi connectivity index (χ0v) is 8.48. The van der Waals surface area contributed by atoms with Crippen LogP contribution in [-0.2, 0) is 0 Å². The van der Waals surface area contributed by atoms with Crippen LogP contribution in [0.2, 0.25) is 0 Å². The molecule has 0 saturated heterocycles. The van der Waals surface area contributed by atoms with E-state index in [4.69, 9.17) is 0 Å². The maximum Gasteiger partial charge on any atom is 0.181 e. The first-order chi connectivity index (χ1) is 7.43. The fourth-order valence-electron chi connectivity index (χ4n) is 1.32. The fourth-order valence-corrected chi connectivity index (χ4v) is 2.00. The normalized spacial score (nSPS) is 10.7. The van der Waals surface area contributed by atoms with Crippen molar-refractivity contribution in [2.45, 2.75) is 0 Å². The Morgan fingerprint density at radius 2 is 2.13 bits per heavy atom. The van der Waals surface area contributed by atoms with E-state index in [0.717, 1.165) is 16.1 Å². The Labute approximate surface area is 89.7 Å². The molecule has 0 spiro atoms. The van der Waals surface area contributed by atoms with E-state index in [-0.39, 0.29) is 0 Å². The lowest BCUT2D eigenvalue weighted by molar-refractivity contribution is 1.15. The van der Waals surface area contributed by atoms with E-state index in [9.17, 15) is 0 Å². The van der Waals surface area contributed by atoms with Crippen molar-refractivity contribution in [3.05, 3.63) is 36.2 Å². The zero-order valence-electron chi connectivity index (χ0n) is 7.66. The maximum absolute atomic E-state index is 4.44. The monoisotopic (exact) mass is 214 g/mol. The second-order valence-electron chi connectivity index (χ2n) is 2.96. The summed E-state index contributed by atoms with van der Waals surface area (Å²) >= 11 is 1.64. The Morgan fingerprint density at radius 1 is 1.13 bits per heavy atom. The predicted molar refractivity (Wildman–Crippen MR) is 58.4 cm³/mol. The lowest BCUT2D eigenvalue weighted by Gasteiger charge is -1.97. The molecule has 0 fully saturated rings. The Bertz CT molecular complexity index is 591. The highest BCUT2D eigenvalue weighted by Crippen LogP contribution is 2.22. The standard InChI is InChI=1S/C10H6N4S/c1-2-9(15-3-1)7-5-12-10-8(14-7)4-11-6-13-10/h1-6H. The first-order valence-corrected chi connectivity index (χ1v) is 5.28. The number of fused-ring (bicyclic) bond motifs is 1. The quantitative estimate of drug-likeness (QED) is 0.622. The van der Waals surface area contributed by atoms with Gasteiger partial charge < -0.3 is 0 Å². The van der Waals surface area contributed by atoms with Gasteiger partial charge in [-0.25, -0.2) is 19.9 Å². The second kappa shape index (κ2) is 3.36. The lowest BCUT2D eigenvalue weighted by Crippen LogP contribution is -1.90. The molecule has 0 aliphatic heterocycles. The van der Waals surface area contributed by atoms with Gasteiger partial charge in [-0.2, -0.15) is 0 Å². The molecule has 3 rings (SSSR count). The minimum Gasteiger partial charge on any atom is -0.242 e. The molecule has 0 atom stereocenters. The van der Waals surface area contributed by atoms with Crippen LogP contribution in [0.25, 0.3) is 21.7 Å². The Kier molecular flexibility index (Phi) is 1.89. The molecule has 4 nitrogen and oxygen atoms in total. The van der Waals surface area contributed by atoms with Crippen molar-refractivity contribution in [3.63, 3.8) is 0 Å². The number of aromatic nitrogens is 4. The summed E-state index contributed by atoms with van der Waals surface area (Å²) in [5.41, 5.74) is 2.22. The smallest absolute Gasteiger partial charge is 0.181 e. The Balaban J connectivity index is 2.22. The van der Waals surface area contributed by atoms with Crippen molar-refractivity contribution in [2.75, 3.05) is 0 Å². The molecule has 0 saturated carbocycles. The maximum atomic E-state index is 4.44. The lowest BCUT2D eigenvalue weighted by atomic mass is 10.3. The van der Waals surface area contributed by atoms with E-state index >= 15 is 0 Å². The number of rotatable bonds is 1. The third-order valence-electron chi connectivity index (χ3n) is 2.00. The van der Waals surface area contributed by atoms with Gasteiger partial charge in [0, 0.05) is 0 Å². The molecule has 0 aliphatic rings. The van der Waals surface area contributed by atoms with Gasteiger partial charge in [0.25, 0.3) is 0 Å². The van der Waals surface area contributed by atoms with Crippen molar-refractivity contribution in [2.24, 2.45) is 0 Å². The highest BCUT2D eigenvalue weighted by molar-refractivity contribution is 7.13. The van der Waals surface area contributed by atoms with Crippen molar-refractivity contribution >= 4 is 22.5 Å². The van der Waals surface area contributed by atoms with Gasteiger partial charge in [-0.1, -0.05) is 6.07 Å². The van der Waals surface area contributed by atoms with Gasteiger partial charge in [0.2, 0.25) is 0 Å². The van der Waals surface area contributed by atoms with Gasteiger partial charge in [0.1, 0.15) is 11.8 Å². The number of thiophene rings is 1. The molecule has 0 N–H and O–H groups in total. The topological polar surface area (TPSA) is 51.6 Å². The molecule has 72 valence electrons. The molecule has 0 bridgehead atoms. The summed E-state index contributed by atoms with van der Waals surface area (Å²) in [4.78, 5) is 17.7. The first kappa shape index (κ1) is 8.43. The molecule has 0 aromatic carbocycles. The largest absolute Gasteiger partial charge is 0.242 e. The van der Waals surface area contributed by atoms with E-state index in [1.165, 1.54) is 6.33 Å². The van der Waals surface area contributed by atoms with Crippen LogP contribution in [0.3, 0.4) is 0 Å². The average molecular weight is 214 g/mol. The van der Waals surface area contributed by atoms with Gasteiger partial charge >= 0.3 is 0 Å². The van der Waals surface area contributed by atoms with Crippen LogP contribution in [0, 0.1) is 0 Å². The van der Waals surface area contributed by atoms with Crippen LogP contribution in [0.15, 0.2) is 36.2 Å². The van der Waals surface area contributed by atoms with Crippen LogP contribution in [0.4, 0.5) is 0 Å². The van der Waals surface area contributed by atoms with E-state index < -0.39 is 0 Å². The molecule has 3 heterocycles. The van der Waals surface area contributed by atoms with Gasteiger partial charge in [-0.15, -0.1) is 11.3 Å². The Hall–Kier alpha value is -1.88. The molecular formula is C10H6N4S. The molecule has 0 radical (unpaired) electrons. The van der Waals surface area contributed by atoms with Crippen molar-refractivity contribution < 1.29 is 0 Å². The minimum atomic E-state index is 0.630. The number of hydrogen-bond acceptors (Lipinski definition) is 5. The van der Waals surface area contributed by atoms with E-state index in [0.29, 0.717) is 5.65 Å². The van der Waals surface area contributed by atoms with Gasteiger partial charge in [0.15, 0.2) is 5.65 Å². The molecule has 0 amide bonds. The van der Waals surface area contributed by atoms with Crippen molar-refractivity contribution in [1.82, 2.24) is 19.9 Å². The molecule has 5 heteroatoms. The van der Waals surface area contributed by atoms with Crippen LogP contribution < -0.4 is 0 Å². The predicted octanol–water partition coefficient (Wildman–Crippen LogP) is 2.15. The number of hydrogen-bond donors (Lipinski definition) is 0. The summed E-state index contributed by atoms with van der Waals surface area (Å²) in [6.07, 6.45) is 4.88. The summed E-state index contributed by atoms with van der Waals surface area (Å²) in [6, 6.07) is 4.01. The van der Waals surface area contributed by atoms with Crippen LogP contribution in [0.5, 0.6) is 0 Å². The third-order valence-corrected chi connectivity index (χ3v) is 2.89. The van der Waals surface area contributed by atoms with Crippen molar-refractivity contribution in [1.29, 1.82) is 0 Å². The van der Waals surface area contributed by atoms with Crippen LogP contribution in [-0.4, -0.2) is 19.9 Å². The van der Waals surface area contributed by atoms with E-state index in [1.807, 2.05) is 17.5 Å². The summed E-state index contributed by atoms with van der Waals surface area (Å²) in [6.45, 7) is 0. The van der Waals surface area contributed by atoms with E-state index in [1.54, 1.807) is 23.7 Å². The highest BCUT2D eigenvalue weighted by atomic mass is 32.1.